The lowest BCUT2D eigenvalue weighted by molar-refractivity contribution is 0.0734. The molecule has 2 aromatic carbocycles. The smallest absolute Gasteiger partial charge is 0.343 e. The molecule has 3 aromatic rings. The van der Waals surface area contributed by atoms with Crippen molar-refractivity contribution in [3.05, 3.63) is 77.6 Å². The first kappa shape index (κ1) is 27.5. The van der Waals surface area contributed by atoms with Crippen LogP contribution in [0.4, 0.5) is 0 Å². The van der Waals surface area contributed by atoms with E-state index in [9.17, 15) is 10.1 Å². The third-order valence-corrected chi connectivity index (χ3v) is 7.69. The Morgan fingerprint density at radius 2 is 1.58 bits per heavy atom. The summed E-state index contributed by atoms with van der Waals surface area (Å²) < 4.78 is 5.60. The van der Waals surface area contributed by atoms with Crippen LogP contribution in [-0.2, 0) is 11.8 Å². The van der Waals surface area contributed by atoms with Crippen LogP contribution in [0.5, 0.6) is 5.75 Å². The highest BCUT2D eigenvalue weighted by Crippen LogP contribution is 2.56. The number of unbranched alkanes of at least 4 members (excludes halogenated alkanes) is 6. The van der Waals surface area contributed by atoms with E-state index in [0.717, 1.165) is 42.4 Å². The summed E-state index contributed by atoms with van der Waals surface area (Å²) in [7, 11) is 0. The van der Waals surface area contributed by atoms with Gasteiger partial charge in [-0.25, -0.2) is 14.8 Å². The first-order chi connectivity index (χ1) is 18.6. The van der Waals surface area contributed by atoms with Crippen LogP contribution in [0.2, 0.25) is 0 Å². The summed E-state index contributed by atoms with van der Waals surface area (Å²) in [5, 5.41) is 9.87. The van der Waals surface area contributed by atoms with Gasteiger partial charge in [-0.1, -0.05) is 83.1 Å². The van der Waals surface area contributed by atoms with Crippen LogP contribution in [0.1, 0.15) is 99.5 Å². The van der Waals surface area contributed by atoms with E-state index in [1.54, 1.807) is 24.3 Å². The molecule has 0 radical (unpaired) electrons. The number of aromatic nitrogens is 2. The molecule has 198 valence electrons. The van der Waals surface area contributed by atoms with Crippen LogP contribution < -0.4 is 4.74 Å². The molecule has 2 atom stereocenters. The Labute approximate surface area is 227 Å². The van der Waals surface area contributed by atoms with Gasteiger partial charge in [0.1, 0.15) is 5.75 Å². The molecule has 0 N–H and O–H groups in total. The minimum atomic E-state index is -0.414. The molecular weight excluding hydrogens is 470 g/mol. The zero-order valence-electron chi connectivity index (χ0n) is 22.8. The molecule has 5 heteroatoms. The maximum absolute atomic E-state index is 12.7. The van der Waals surface area contributed by atoms with Gasteiger partial charge in [0.05, 0.1) is 17.0 Å². The van der Waals surface area contributed by atoms with E-state index in [4.69, 9.17) is 4.74 Å². The molecule has 2 unspecified atom stereocenters. The highest BCUT2D eigenvalue weighted by molar-refractivity contribution is 5.91. The quantitative estimate of drug-likeness (QED) is 0.124. The number of nitriles is 1. The van der Waals surface area contributed by atoms with Crippen LogP contribution in [-0.4, -0.2) is 15.9 Å². The third kappa shape index (κ3) is 6.86. The van der Waals surface area contributed by atoms with Crippen molar-refractivity contribution < 1.29 is 9.53 Å². The maximum Gasteiger partial charge on any atom is 0.343 e. The van der Waals surface area contributed by atoms with Gasteiger partial charge in [0.25, 0.3) is 0 Å². The van der Waals surface area contributed by atoms with Crippen molar-refractivity contribution in [1.82, 2.24) is 9.97 Å². The summed E-state index contributed by atoms with van der Waals surface area (Å²) in [5.41, 5.74) is 3.13. The summed E-state index contributed by atoms with van der Waals surface area (Å²) in [6.45, 7) is 4.43. The van der Waals surface area contributed by atoms with Crippen molar-refractivity contribution in [2.24, 2.45) is 5.92 Å². The Morgan fingerprint density at radius 3 is 2.21 bits per heavy atom. The van der Waals surface area contributed by atoms with E-state index >= 15 is 0 Å². The van der Waals surface area contributed by atoms with Crippen molar-refractivity contribution in [3.8, 4) is 23.2 Å². The molecule has 38 heavy (non-hydrogen) atoms. The first-order valence-electron chi connectivity index (χ1n) is 14.2. The summed E-state index contributed by atoms with van der Waals surface area (Å²) in [6.07, 6.45) is 16.6. The Kier molecular flexibility index (Phi) is 9.65. The fraction of sp³-hybridized carbons (Fsp3) is 0.455. The highest BCUT2D eigenvalue weighted by atomic mass is 16.5. The summed E-state index contributed by atoms with van der Waals surface area (Å²) in [5.74, 6) is 1.15. The van der Waals surface area contributed by atoms with Crippen molar-refractivity contribution in [2.75, 3.05) is 0 Å². The molecule has 4 rings (SSSR count). The van der Waals surface area contributed by atoms with Gasteiger partial charge in [0.2, 0.25) is 0 Å². The van der Waals surface area contributed by atoms with Gasteiger partial charge in [0, 0.05) is 18.0 Å². The Balaban J connectivity index is 1.30. The molecule has 5 nitrogen and oxygen atoms in total. The molecule has 1 heterocycles. The molecular formula is C33H39N3O2. The summed E-state index contributed by atoms with van der Waals surface area (Å²) >= 11 is 0. The Morgan fingerprint density at radius 1 is 0.921 bits per heavy atom. The van der Waals surface area contributed by atoms with Crippen LogP contribution in [0.3, 0.4) is 0 Å². The second-order valence-electron chi connectivity index (χ2n) is 10.6. The number of rotatable bonds is 14. The number of nitrogens with zero attached hydrogens (tertiary/aromatic N) is 3. The molecule has 0 saturated heterocycles. The van der Waals surface area contributed by atoms with Crippen LogP contribution >= 0.6 is 0 Å². The number of hydrogen-bond acceptors (Lipinski definition) is 5. The maximum atomic E-state index is 12.7. The van der Waals surface area contributed by atoms with Gasteiger partial charge in [-0.3, -0.25) is 0 Å². The second kappa shape index (κ2) is 13.3. The normalized spacial score (nSPS) is 18.1. The largest absolute Gasteiger partial charge is 0.423 e. The van der Waals surface area contributed by atoms with E-state index in [0.29, 0.717) is 23.1 Å². The van der Waals surface area contributed by atoms with Crippen molar-refractivity contribution in [2.45, 2.75) is 89.9 Å². The predicted octanol–water partition coefficient (Wildman–Crippen LogP) is 8.24. The lowest BCUT2D eigenvalue weighted by atomic mass is 9.93. The lowest BCUT2D eigenvalue weighted by Crippen LogP contribution is -2.10. The molecule has 0 bridgehead atoms. The number of ether oxygens (including phenoxy) is 1. The molecule has 0 amide bonds. The predicted molar refractivity (Wildman–Crippen MR) is 151 cm³/mol. The standard InChI is InChI=1S/C33H39N3O2/c1-3-5-7-9-11-25-22-35-31(36-23-25)26-13-15-27(16-14-26)32(37)38-30-19-17-28(18-20-30)33(24-34)21-29(33)12-10-8-6-4-2/h13-20,22-23,29H,3-12,21H2,1-2H3. The molecule has 1 saturated carbocycles. The van der Waals surface area contributed by atoms with E-state index < -0.39 is 5.97 Å². The molecule has 0 aliphatic heterocycles. The van der Waals surface area contributed by atoms with Gasteiger partial charge >= 0.3 is 5.97 Å². The second-order valence-corrected chi connectivity index (χ2v) is 10.6. The zero-order valence-corrected chi connectivity index (χ0v) is 22.8. The van der Waals surface area contributed by atoms with Crippen LogP contribution in [0.15, 0.2) is 60.9 Å². The van der Waals surface area contributed by atoms with Gasteiger partial charge < -0.3 is 4.74 Å². The molecule has 1 aliphatic rings. The van der Waals surface area contributed by atoms with E-state index in [-0.39, 0.29) is 5.41 Å². The average molecular weight is 510 g/mol. The number of carbonyl (C=O) groups excluding carboxylic acids is 1. The number of carbonyl (C=O) groups is 1. The first-order valence-corrected chi connectivity index (χ1v) is 14.2. The third-order valence-electron chi connectivity index (χ3n) is 7.69. The van der Waals surface area contributed by atoms with Crippen LogP contribution in [0.25, 0.3) is 11.4 Å². The minimum Gasteiger partial charge on any atom is -0.423 e. The molecule has 1 aromatic heterocycles. The summed E-state index contributed by atoms with van der Waals surface area (Å²) in [4.78, 5) is 21.7. The average Bonchev–Trinajstić information content (AvgIpc) is 3.68. The number of benzene rings is 2. The Hall–Kier alpha value is -3.52. The minimum absolute atomic E-state index is 0.375. The molecule has 1 aliphatic carbocycles. The zero-order chi connectivity index (χ0) is 26.8. The van der Waals surface area contributed by atoms with E-state index in [2.05, 4.69) is 29.9 Å². The van der Waals surface area contributed by atoms with Gasteiger partial charge in [-0.15, -0.1) is 0 Å². The SMILES string of the molecule is CCCCCCc1cnc(-c2ccc(C(=O)Oc3ccc(C4(C#N)CC4CCCCCC)cc3)cc2)nc1. The van der Waals surface area contributed by atoms with Crippen molar-refractivity contribution in [3.63, 3.8) is 0 Å². The fourth-order valence-corrected chi connectivity index (χ4v) is 5.18. The fourth-order valence-electron chi connectivity index (χ4n) is 5.18. The van der Waals surface area contributed by atoms with E-state index in [1.165, 1.54) is 44.9 Å². The monoisotopic (exact) mass is 509 g/mol. The van der Waals surface area contributed by atoms with Crippen molar-refractivity contribution >= 4 is 5.97 Å². The topological polar surface area (TPSA) is 75.9 Å². The number of esters is 1. The molecule has 1 fully saturated rings. The number of aryl methyl sites for hydroxylation is 1. The number of hydrogen-bond donors (Lipinski definition) is 0. The highest BCUT2D eigenvalue weighted by Gasteiger charge is 2.55. The van der Waals surface area contributed by atoms with Crippen LogP contribution in [0, 0.1) is 17.2 Å². The lowest BCUT2D eigenvalue weighted by Gasteiger charge is -2.11. The molecule has 0 spiro atoms. The van der Waals surface area contributed by atoms with Gasteiger partial charge in [0.15, 0.2) is 5.82 Å². The van der Waals surface area contributed by atoms with Crippen molar-refractivity contribution in [1.29, 1.82) is 5.26 Å². The van der Waals surface area contributed by atoms with Gasteiger partial charge in [-0.2, -0.15) is 5.26 Å². The van der Waals surface area contributed by atoms with E-state index in [1.807, 2.05) is 36.7 Å². The van der Waals surface area contributed by atoms with Gasteiger partial charge in [-0.05, 0) is 67.0 Å². The Bertz CT molecular complexity index is 1210. The summed E-state index contributed by atoms with van der Waals surface area (Å²) in [6, 6.07) is 17.2.